The summed E-state index contributed by atoms with van der Waals surface area (Å²) < 4.78 is 5.20. The van der Waals surface area contributed by atoms with E-state index in [9.17, 15) is 0 Å². The molecule has 5 heteroatoms. The third-order valence-corrected chi connectivity index (χ3v) is 2.96. The van der Waals surface area contributed by atoms with E-state index in [1.165, 1.54) is 0 Å². The molecule has 0 aliphatic carbocycles. The van der Waals surface area contributed by atoms with Crippen molar-refractivity contribution in [1.82, 2.24) is 15.1 Å². The summed E-state index contributed by atoms with van der Waals surface area (Å²) in [7, 11) is 0. The van der Waals surface area contributed by atoms with E-state index in [2.05, 4.69) is 20.4 Å². The summed E-state index contributed by atoms with van der Waals surface area (Å²) in [6.45, 7) is 2.57. The molecule has 20 heavy (non-hydrogen) atoms. The summed E-state index contributed by atoms with van der Waals surface area (Å²) >= 11 is 0. The number of rotatable bonds is 4. The zero-order valence-corrected chi connectivity index (χ0v) is 11.1. The minimum absolute atomic E-state index is 0.397. The number of nitrogens with one attached hydrogen (secondary N) is 1. The van der Waals surface area contributed by atoms with Gasteiger partial charge >= 0.3 is 6.01 Å². The summed E-state index contributed by atoms with van der Waals surface area (Å²) in [5.41, 5.74) is 3.01. The number of anilines is 1. The fourth-order valence-corrected chi connectivity index (χ4v) is 1.90. The Morgan fingerprint density at radius 1 is 1.10 bits per heavy atom. The highest BCUT2D eigenvalue weighted by atomic mass is 16.5. The maximum absolute atomic E-state index is 5.20. The summed E-state index contributed by atoms with van der Waals surface area (Å²) in [5.74, 6) is 0.589. The molecule has 2 heterocycles. The Bertz CT molecular complexity index is 694. The van der Waals surface area contributed by atoms with Crippen LogP contribution in [0.15, 0.2) is 53.2 Å². The van der Waals surface area contributed by atoms with E-state index in [0.29, 0.717) is 18.4 Å². The molecule has 1 aromatic carbocycles. The second-order valence-electron chi connectivity index (χ2n) is 4.41. The summed E-state index contributed by atoms with van der Waals surface area (Å²) in [6, 6.07) is 14.1. The molecule has 100 valence electrons. The molecule has 5 nitrogen and oxygen atoms in total. The molecule has 0 aliphatic rings. The molecule has 0 aliphatic heterocycles. The van der Waals surface area contributed by atoms with Crippen LogP contribution >= 0.6 is 0 Å². The van der Waals surface area contributed by atoms with Crippen molar-refractivity contribution in [3.05, 3.63) is 59.9 Å². The Morgan fingerprint density at radius 3 is 2.75 bits per heavy atom. The molecule has 3 rings (SSSR count). The molecule has 0 unspecified atom stereocenters. The highest BCUT2D eigenvalue weighted by molar-refractivity contribution is 5.59. The van der Waals surface area contributed by atoms with Gasteiger partial charge in [-0.2, -0.15) is 4.98 Å². The van der Waals surface area contributed by atoms with Gasteiger partial charge in [0.2, 0.25) is 5.82 Å². The molecule has 0 radical (unpaired) electrons. The summed E-state index contributed by atoms with van der Waals surface area (Å²) in [6.07, 6.45) is 1.75. The molecule has 0 atom stereocenters. The van der Waals surface area contributed by atoms with Crippen LogP contribution in [0, 0.1) is 6.92 Å². The maximum Gasteiger partial charge on any atom is 0.322 e. The van der Waals surface area contributed by atoms with Crippen LogP contribution in [-0.2, 0) is 6.54 Å². The Kier molecular flexibility index (Phi) is 3.41. The van der Waals surface area contributed by atoms with Crippen LogP contribution in [-0.4, -0.2) is 15.1 Å². The monoisotopic (exact) mass is 266 g/mol. The number of hydrogen-bond donors (Lipinski definition) is 1. The third kappa shape index (κ3) is 2.66. The van der Waals surface area contributed by atoms with E-state index in [0.717, 1.165) is 16.8 Å². The van der Waals surface area contributed by atoms with E-state index in [1.54, 1.807) is 6.20 Å². The van der Waals surface area contributed by atoms with Crippen LogP contribution < -0.4 is 5.32 Å². The average molecular weight is 266 g/mol. The molecule has 0 spiro atoms. The Hall–Kier alpha value is -2.69. The van der Waals surface area contributed by atoms with E-state index in [4.69, 9.17) is 4.52 Å². The first-order valence-corrected chi connectivity index (χ1v) is 6.36. The van der Waals surface area contributed by atoms with Crippen molar-refractivity contribution in [3.8, 4) is 11.4 Å². The van der Waals surface area contributed by atoms with Gasteiger partial charge in [-0.15, -0.1) is 0 Å². The second-order valence-corrected chi connectivity index (χ2v) is 4.41. The topological polar surface area (TPSA) is 63.8 Å². The Morgan fingerprint density at radius 2 is 1.95 bits per heavy atom. The van der Waals surface area contributed by atoms with Crippen molar-refractivity contribution >= 4 is 6.01 Å². The second kappa shape index (κ2) is 5.52. The molecule has 0 fully saturated rings. The molecule has 0 saturated heterocycles. The standard InChI is InChI=1S/C15H14N4O/c1-11-6-2-3-8-13(11)14-18-15(20-19-14)17-10-12-7-4-5-9-16-12/h2-9H,10H2,1H3,(H,17,18,19). The van der Waals surface area contributed by atoms with Crippen LogP contribution in [0.25, 0.3) is 11.4 Å². The van der Waals surface area contributed by atoms with Crippen LogP contribution in [0.4, 0.5) is 6.01 Å². The molecule has 2 aromatic heterocycles. The van der Waals surface area contributed by atoms with E-state index < -0.39 is 0 Å². The molecule has 3 aromatic rings. The van der Waals surface area contributed by atoms with E-state index >= 15 is 0 Å². The molecule has 0 saturated carbocycles. The Labute approximate surface area is 116 Å². The largest absolute Gasteiger partial charge is 0.332 e. The number of hydrogen-bond acceptors (Lipinski definition) is 5. The first-order chi connectivity index (χ1) is 9.83. The van der Waals surface area contributed by atoms with Gasteiger partial charge in [-0.25, -0.2) is 0 Å². The smallest absolute Gasteiger partial charge is 0.322 e. The van der Waals surface area contributed by atoms with Crippen molar-refractivity contribution in [1.29, 1.82) is 0 Å². The van der Waals surface area contributed by atoms with Gasteiger partial charge in [0.25, 0.3) is 0 Å². The van der Waals surface area contributed by atoms with Crippen molar-refractivity contribution in [2.45, 2.75) is 13.5 Å². The van der Waals surface area contributed by atoms with E-state index in [-0.39, 0.29) is 0 Å². The number of aromatic nitrogens is 3. The maximum atomic E-state index is 5.20. The fourth-order valence-electron chi connectivity index (χ4n) is 1.90. The Balaban J connectivity index is 1.73. The zero-order valence-electron chi connectivity index (χ0n) is 11.1. The first-order valence-electron chi connectivity index (χ1n) is 6.36. The summed E-state index contributed by atoms with van der Waals surface area (Å²) in [5, 5.41) is 7.06. The number of benzene rings is 1. The van der Waals surface area contributed by atoms with Crippen molar-refractivity contribution in [2.75, 3.05) is 5.32 Å². The molecule has 0 amide bonds. The van der Waals surface area contributed by atoms with Gasteiger partial charge in [-0.3, -0.25) is 4.98 Å². The van der Waals surface area contributed by atoms with Gasteiger partial charge in [0, 0.05) is 11.8 Å². The normalized spacial score (nSPS) is 10.4. The van der Waals surface area contributed by atoms with Gasteiger partial charge < -0.3 is 9.84 Å². The van der Waals surface area contributed by atoms with Crippen molar-refractivity contribution in [2.24, 2.45) is 0 Å². The fraction of sp³-hybridized carbons (Fsp3) is 0.133. The number of aryl methyl sites for hydroxylation is 1. The lowest BCUT2D eigenvalue weighted by atomic mass is 10.1. The highest BCUT2D eigenvalue weighted by Gasteiger charge is 2.09. The number of nitrogens with zero attached hydrogens (tertiary/aromatic N) is 3. The van der Waals surface area contributed by atoms with Crippen molar-refractivity contribution < 1.29 is 4.52 Å². The average Bonchev–Trinajstić information content (AvgIpc) is 2.95. The summed E-state index contributed by atoms with van der Waals surface area (Å²) in [4.78, 5) is 8.56. The minimum Gasteiger partial charge on any atom is -0.332 e. The van der Waals surface area contributed by atoms with Gasteiger partial charge in [0.1, 0.15) is 0 Å². The molecular weight excluding hydrogens is 252 g/mol. The molecule has 0 bridgehead atoms. The van der Waals surface area contributed by atoms with E-state index in [1.807, 2.05) is 49.4 Å². The van der Waals surface area contributed by atoms with Crippen LogP contribution in [0.1, 0.15) is 11.3 Å². The zero-order chi connectivity index (χ0) is 13.8. The molecular formula is C15H14N4O. The lowest BCUT2D eigenvalue weighted by molar-refractivity contribution is 0.431. The SMILES string of the molecule is Cc1ccccc1-c1noc(NCc2ccccn2)n1. The lowest BCUT2D eigenvalue weighted by Gasteiger charge is -1.99. The highest BCUT2D eigenvalue weighted by Crippen LogP contribution is 2.21. The van der Waals surface area contributed by atoms with Gasteiger partial charge in [0.15, 0.2) is 0 Å². The van der Waals surface area contributed by atoms with Gasteiger partial charge in [-0.05, 0) is 24.6 Å². The van der Waals surface area contributed by atoms with Crippen LogP contribution in [0.5, 0.6) is 0 Å². The minimum atomic E-state index is 0.397. The quantitative estimate of drug-likeness (QED) is 0.786. The first kappa shape index (κ1) is 12.3. The third-order valence-electron chi connectivity index (χ3n) is 2.96. The van der Waals surface area contributed by atoms with Gasteiger partial charge in [-0.1, -0.05) is 35.5 Å². The van der Waals surface area contributed by atoms with Crippen LogP contribution in [0.2, 0.25) is 0 Å². The molecule has 1 N–H and O–H groups in total. The number of pyridine rings is 1. The predicted molar refractivity (Wildman–Crippen MR) is 76.0 cm³/mol. The van der Waals surface area contributed by atoms with Crippen molar-refractivity contribution in [3.63, 3.8) is 0 Å². The van der Waals surface area contributed by atoms with Gasteiger partial charge in [0.05, 0.1) is 12.2 Å². The lowest BCUT2D eigenvalue weighted by Crippen LogP contribution is -2.01. The van der Waals surface area contributed by atoms with Crippen LogP contribution in [0.3, 0.4) is 0 Å². The predicted octanol–water partition coefficient (Wildman–Crippen LogP) is 3.05.